The third kappa shape index (κ3) is 5.17. The summed E-state index contributed by atoms with van der Waals surface area (Å²) in [6.07, 6.45) is 4.41. The molecule has 0 saturated carbocycles. The zero-order valence-electron chi connectivity index (χ0n) is 11.7. The van der Waals surface area contributed by atoms with E-state index in [1.54, 1.807) is 12.4 Å². The smallest absolute Gasteiger partial charge is 0.317 e. The average molecular weight is 249 g/mol. The van der Waals surface area contributed by atoms with Gasteiger partial charge in [0.1, 0.15) is 0 Å². The van der Waals surface area contributed by atoms with Crippen molar-refractivity contribution in [3.8, 4) is 0 Å². The first-order valence-corrected chi connectivity index (χ1v) is 6.38. The minimum Gasteiger partial charge on any atom is -0.333 e. The zero-order valence-corrected chi connectivity index (χ0v) is 11.7. The highest BCUT2D eigenvalue weighted by Gasteiger charge is 2.18. The lowest BCUT2D eigenvalue weighted by molar-refractivity contribution is 0.192. The number of likely N-dealkylation sites (N-methyl/N-ethyl adjacent to an activating group) is 1. The summed E-state index contributed by atoms with van der Waals surface area (Å²) in [4.78, 5) is 17.8. The molecule has 1 heterocycles. The average Bonchev–Trinajstić information content (AvgIpc) is 2.29. The Bertz CT molecular complexity index is 370. The van der Waals surface area contributed by atoms with Gasteiger partial charge in [0.2, 0.25) is 0 Å². The van der Waals surface area contributed by atoms with E-state index in [0.29, 0.717) is 6.54 Å². The van der Waals surface area contributed by atoms with Gasteiger partial charge in [-0.25, -0.2) is 4.79 Å². The first-order valence-electron chi connectivity index (χ1n) is 6.38. The quantitative estimate of drug-likeness (QED) is 0.891. The van der Waals surface area contributed by atoms with Gasteiger partial charge in [0.05, 0.1) is 0 Å². The van der Waals surface area contributed by atoms with Crippen LogP contribution in [0, 0.1) is 0 Å². The molecule has 0 bridgehead atoms. The molecule has 1 aromatic rings. The lowest BCUT2D eigenvalue weighted by atomic mass is 10.1. The summed E-state index contributed by atoms with van der Waals surface area (Å²) >= 11 is 0. The van der Waals surface area contributed by atoms with Gasteiger partial charge in [-0.05, 0) is 51.8 Å². The van der Waals surface area contributed by atoms with Crippen molar-refractivity contribution in [1.82, 2.24) is 15.2 Å². The highest BCUT2D eigenvalue weighted by atomic mass is 16.2. The van der Waals surface area contributed by atoms with Crippen LogP contribution in [-0.2, 0) is 6.42 Å². The van der Waals surface area contributed by atoms with E-state index in [4.69, 9.17) is 0 Å². The molecule has 0 spiro atoms. The Hall–Kier alpha value is -1.58. The van der Waals surface area contributed by atoms with Crippen LogP contribution < -0.4 is 5.32 Å². The van der Waals surface area contributed by atoms with Crippen molar-refractivity contribution in [1.29, 1.82) is 0 Å². The summed E-state index contributed by atoms with van der Waals surface area (Å²) < 4.78 is 0. The Balaban J connectivity index is 2.50. The summed E-state index contributed by atoms with van der Waals surface area (Å²) in [5.41, 5.74) is 1.01. The molecule has 1 N–H and O–H groups in total. The van der Waals surface area contributed by atoms with Crippen molar-refractivity contribution < 1.29 is 4.79 Å². The largest absolute Gasteiger partial charge is 0.333 e. The lowest BCUT2D eigenvalue weighted by Gasteiger charge is -2.27. The van der Waals surface area contributed by atoms with Crippen LogP contribution in [-0.4, -0.2) is 34.5 Å². The van der Waals surface area contributed by atoms with E-state index in [2.05, 4.69) is 10.3 Å². The number of pyridine rings is 1. The second kappa shape index (κ2) is 6.38. The molecule has 0 unspecified atom stereocenters. The summed E-state index contributed by atoms with van der Waals surface area (Å²) in [7, 11) is 0. The van der Waals surface area contributed by atoms with E-state index in [9.17, 15) is 4.79 Å². The van der Waals surface area contributed by atoms with Crippen LogP contribution in [0.3, 0.4) is 0 Å². The molecule has 0 radical (unpaired) electrons. The second-order valence-corrected chi connectivity index (χ2v) is 5.37. The number of carbonyl (C=O) groups excluding carboxylic acids is 1. The summed E-state index contributed by atoms with van der Waals surface area (Å²) in [5.74, 6) is 0. The van der Waals surface area contributed by atoms with Gasteiger partial charge < -0.3 is 10.2 Å². The van der Waals surface area contributed by atoms with Crippen LogP contribution in [0.1, 0.15) is 33.3 Å². The molecule has 0 aromatic carbocycles. The van der Waals surface area contributed by atoms with E-state index in [-0.39, 0.29) is 11.6 Å². The van der Waals surface area contributed by atoms with E-state index >= 15 is 0 Å². The van der Waals surface area contributed by atoms with Gasteiger partial charge in [-0.15, -0.1) is 0 Å². The fourth-order valence-electron chi connectivity index (χ4n) is 1.62. The van der Waals surface area contributed by atoms with Gasteiger partial charge in [-0.1, -0.05) is 0 Å². The molecule has 0 atom stereocenters. The van der Waals surface area contributed by atoms with Crippen LogP contribution >= 0.6 is 0 Å². The zero-order chi connectivity index (χ0) is 13.6. The molecule has 4 heteroatoms. The standard InChI is InChI=1S/C14H23N3O/c1-5-17(13(18)16-14(2,3)4)11-8-12-6-9-15-10-7-12/h6-7,9-10H,5,8,11H2,1-4H3,(H,16,18). The number of hydrogen-bond acceptors (Lipinski definition) is 2. The lowest BCUT2D eigenvalue weighted by Crippen LogP contribution is -2.49. The van der Waals surface area contributed by atoms with Crippen molar-refractivity contribution in [2.24, 2.45) is 0 Å². The topological polar surface area (TPSA) is 45.2 Å². The van der Waals surface area contributed by atoms with E-state index in [1.165, 1.54) is 5.56 Å². The maximum atomic E-state index is 12.0. The summed E-state index contributed by atoms with van der Waals surface area (Å²) in [6.45, 7) is 9.40. The monoisotopic (exact) mass is 249 g/mol. The van der Waals surface area contributed by atoms with Crippen molar-refractivity contribution in [2.75, 3.05) is 13.1 Å². The van der Waals surface area contributed by atoms with Gasteiger partial charge in [0.25, 0.3) is 0 Å². The molecule has 4 nitrogen and oxygen atoms in total. The van der Waals surface area contributed by atoms with E-state index in [1.807, 2.05) is 44.7 Å². The molecule has 0 aliphatic rings. The van der Waals surface area contributed by atoms with Crippen LogP contribution in [0.4, 0.5) is 4.79 Å². The SMILES string of the molecule is CCN(CCc1ccncc1)C(=O)NC(C)(C)C. The molecule has 18 heavy (non-hydrogen) atoms. The number of rotatable bonds is 4. The third-order valence-electron chi connectivity index (χ3n) is 2.57. The molecular formula is C14H23N3O. The molecule has 0 aliphatic carbocycles. The van der Waals surface area contributed by atoms with Gasteiger partial charge in [0, 0.05) is 31.0 Å². The predicted molar refractivity (Wildman–Crippen MR) is 73.5 cm³/mol. The Morgan fingerprint density at radius 3 is 2.44 bits per heavy atom. The first-order chi connectivity index (χ1) is 8.42. The Kier molecular flexibility index (Phi) is 5.13. The van der Waals surface area contributed by atoms with Crippen LogP contribution in [0.5, 0.6) is 0 Å². The van der Waals surface area contributed by atoms with Gasteiger partial charge >= 0.3 is 6.03 Å². The molecular weight excluding hydrogens is 226 g/mol. The highest BCUT2D eigenvalue weighted by molar-refractivity contribution is 5.74. The van der Waals surface area contributed by atoms with Crippen molar-refractivity contribution >= 4 is 6.03 Å². The molecule has 2 amide bonds. The summed E-state index contributed by atoms with van der Waals surface area (Å²) in [6, 6.07) is 3.96. The fourth-order valence-corrected chi connectivity index (χ4v) is 1.62. The van der Waals surface area contributed by atoms with Crippen molar-refractivity contribution in [3.05, 3.63) is 30.1 Å². The van der Waals surface area contributed by atoms with Gasteiger partial charge in [-0.2, -0.15) is 0 Å². The number of hydrogen-bond donors (Lipinski definition) is 1. The first kappa shape index (κ1) is 14.5. The van der Waals surface area contributed by atoms with E-state index < -0.39 is 0 Å². The third-order valence-corrected chi connectivity index (χ3v) is 2.57. The minimum absolute atomic E-state index is 0.000874. The van der Waals surface area contributed by atoms with Crippen LogP contribution in [0.2, 0.25) is 0 Å². The molecule has 1 rings (SSSR count). The number of nitrogens with one attached hydrogen (secondary N) is 1. The van der Waals surface area contributed by atoms with Crippen molar-refractivity contribution in [3.63, 3.8) is 0 Å². The summed E-state index contributed by atoms with van der Waals surface area (Å²) in [5, 5.41) is 2.98. The molecule has 1 aromatic heterocycles. The van der Waals surface area contributed by atoms with Crippen LogP contribution in [0.15, 0.2) is 24.5 Å². The van der Waals surface area contributed by atoms with Gasteiger partial charge in [-0.3, -0.25) is 4.98 Å². The number of carbonyl (C=O) groups is 1. The fraction of sp³-hybridized carbons (Fsp3) is 0.571. The molecule has 0 aliphatic heterocycles. The molecule has 0 fully saturated rings. The molecule has 100 valence electrons. The number of aromatic nitrogens is 1. The van der Waals surface area contributed by atoms with Crippen molar-refractivity contribution in [2.45, 2.75) is 39.7 Å². The Labute approximate surface area is 109 Å². The Morgan fingerprint density at radius 1 is 1.33 bits per heavy atom. The Morgan fingerprint density at radius 2 is 1.94 bits per heavy atom. The highest BCUT2D eigenvalue weighted by Crippen LogP contribution is 2.03. The number of urea groups is 1. The van der Waals surface area contributed by atoms with Crippen LogP contribution in [0.25, 0.3) is 0 Å². The van der Waals surface area contributed by atoms with Gasteiger partial charge in [0.15, 0.2) is 0 Å². The number of nitrogens with zero attached hydrogens (tertiary/aromatic N) is 2. The maximum Gasteiger partial charge on any atom is 0.317 e. The van der Waals surface area contributed by atoms with E-state index in [0.717, 1.165) is 13.0 Å². The minimum atomic E-state index is -0.193. The predicted octanol–water partition coefficient (Wildman–Crippen LogP) is 2.45. The maximum absolute atomic E-state index is 12.0. The normalized spacial score (nSPS) is 11.1. The second-order valence-electron chi connectivity index (χ2n) is 5.37. The number of amides is 2. The molecule has 0 saturated heterocycles.